The van der Waals surface area contributed by atoms with Crippen LogP contribution in [-0.2, 0) is 11.2 Å². The molecule has 1 aliphatic heterocycles. The van der Waals surface area contributed by atoms with Crippen LogP contribution in [0.25, 0.3) is 0 Å². The lowest BCUT2D eigenvalue weighted by Gasteiger charge is -2.37. The summed E-state index contributed by atoms with van der Waals surface area (Å²) >= 11 is 1.75. The van der Waals surface area contributed by atoms with E-state index < -0.39 is 6.10 Å². The van der Waals surface area contributed by atoms with Gasteiger partial charge >= 0.3 is 0 Å². The Balaban J connectivity index is 1.73. The van der Waals surface area contributed by atoms with Crippen molar-refractivity contribution < 1.29 is 14.6 Å². The minimum atomic E-state index is -0.442. The number of rotatable bonds is 10. The maximum Gasteiger partial charge on any atom is 0.237 e. The Kier molecular flexibility index (Phi) is 8.08. The summed E-state index contributed by atoms with van der Waals surface area (Å²) in [5, 5.41) is 12.1. The first-order valence-electron chi connectivity index (χ1n) is 10.6. The maximum atomic E-state index is 13.3. The zero-order valence-electron chi connectivity index (χ0n) is 17.9. The summed E-state index contributed by atoms with van der Waals surface area (Å²) in [6.45, 7) is 10.2. The van der Waals surface area contributed by atoms with Gasteiger partial charge in [0.15, 0.2) is 0 Å². The predicted molar refractivity (Wildman–Crippen MR) is 122 cm³/mol. The highest BCUT2D eigenvalue weighted by molar-refractivity contribution is 7.10. The van der Waals surface area contributed by atoms with Crippen molar-refractivity contribution in [1.82, 2.24) is 9.80 Å². The third-order valence-corrected chi connectivity index (χ3v) is 6.50. The minimum Gasteiger partial charge on any atom is -0.491 e. The van der Waals surface area contributed by atoms with E-state index in [0.29, 0.717) is 32.7 Å². The van der Waals surface area contributed by atoms with E-state index in [0.717, 1.165) is 17.7 Å². The first kappa shape index (κ1) is 22.5. The minimum absolute atomic E-state index is 0.0647. The second-order valence-corrected chi connectivity index (χ2v) is 8.83. The monoisotopic (exact) mass is 428 g/mol. The average molecular weight is 429 g/mol. The van der Waals surface area contributed by atoms with Crippen molar-refractivity contribution in [1.29, 1.82) is 0 Å². The Bertz CT molecular complexity index is 850. The summed E-state index contributed by atoms with van der Waals surface area (Å²) in [6, 6.07) is 10.0. The van der Waals surface area contributed by atoms with Crippen molar-refractivity contribution in [3.63, 3.8) is 0 Å². The summed E-state index contributed by atoms with van der Waals surface area (Å²) in [7, 11) is 0. The van der Waals surface area contributed by atoms with E-state index in [-0.39, 0.29) is 18.5 Å². The molecule has 1 aliphatic rings. The number of carbonyl (C=O) groups excluding carboxylic acids is 1. The van der Waals surface area contributed by atoms with Gasteiger partial charge in [0.1, 0.15) is 12.4 Å². The molecule has 2 atom stereocenters. The quantitative estimate of drug-likeness (QED) is 0.585. The van der Waals surface area contributed by atoms with Crippen LogP contribution in [0.4, 0.5) is 0 Å². The van der Waals surface area contributed by atoms with Crippen molar-refractivity contribution in [2.24, 2.45) is 0 Å². The molecule has 5 nitrogen and oxygen atoms in total. The van der Waals surface area contributed by atoms with Gasteiger partial charge in [0, 0.05) is 24.5 Å². The van der Waals surface area contributed by atoms with Gasteiger partial charge in [-0.05, 0) is 54.5 Å². The third-order valence-electron chi connectivity index (χ3n) is 5.50. The summed E-state index contributed by atoms with van der Waals surface area (Å²) in [4.78, 5) is 18.5. The molecule has 0 fully saturated rings. The van der Waals surface area contributed by atoms with Crippen LogP contribution in [0.5, 0.6) is 5.75 Å². The normalized spacial score (nSPS) is 16.9. The van der Waals surface area contributed by atoms with Gasteiger partial charge in [-0.15, -0.1) is 17.9 Å². The molecule has 2 aromatic rings. The van der Waals surface area contributed by atoms with Gasteiger partial charge in [0.25, 0.3) is 0 Å². The summed E-state index contributed by atoms with van der Waals surface area (Å²) in [6.07, 6.45) is 2.87. The molecular weight excluding hydrogens is 396 g/mol. The molecule has 0 bridgehead atoms. The van der Waals surface area contributed by atoms with Crippen LogP contribution in [0.1, 0.15) is 35.4 Å². The zero-order valence-corrected chi connectivity index (χ0v) is 18.7. The predicted octanol–water partition coefficient (Wildman–Crippen LogP) is 3.82. The Morgan fingerprint density at radius 2 is 2.30 bits per heavy atom. The molecule has 0 radical (unpaired) electrons. The lowest BCUT2D eigenvalue weighted by atomic mass is 10.0. The van der Waals surface area contributed by atoms with Crippen LogP contribution in [-0.4, -0.2) is 59.7 Å². The fourth-order valence-corrected chi connectivity index (χ4v) is 4.78. The molecule has 0 saturated carbocycles. The Labute approximate surface area is 183 Å². The van der Waals surface area contributed by atoms with Crippen LogP contribution in [0.3, 0.4) is 0 Å². The topological polar surface area (TPSA) is 53.0 Å². The fourth-order valence-electron chi connectivity index (χ4n) is 3.85. The van der Waals surface area contributed by atoms with Crippen molar-refractivity contribution in [3.8, 4) is 5.75 Å². The van der Waals surface area contributed by atoms with Crippen molar-refractivity contribution in [3.05, 3.63) is 64.4 Å². The largest absolute Gasteiger partial charge is 0.491 e. The Hall–Kier alpha value is -2.15. The molecule has 0 spiro atoms. The molecule has 0 aliphatic carbocycles. The van der Waals surface area contributed by atoms with Gasteiger partial charge in [-0.1, -0.05) is 25.1 Å². The molecule has 162 valence electrons. The average Bonchev–Trinajstić information content (AvgIpc) is 3.21. The van der Waals surface area contributed by atoms with Crippen LogP contribution < -0.4 is 4.74 Å². The molecule has 6 heteroatoms. The first-order chi connectivity index (χ1) is 14.5. The summed E-state index contributed by atoms with van der Waals surface area (Å²) < 4.78 is 6.11. The number of aryl methyl sites for hydroxylation is 1. The van der Waals surface area contributed by atoms with Crippen LogP contribution in [0, 0.1) is 6.92 Å². The first-order valence-corrected chi connectivity index (χ1v) is 11.5. The lowest BCUT2D eigenvalue weighted by molar-refractivity contribution is -0.136. The standard InChI is InChI=1S/C24H32N2O3S/c1-4-11-25(15-19(27)5-2)16-24(28)26-12-9-23-21(10-13-30-23)22(26)17-29-20-8-6-7-18(3)14-20/h4,6-8,10,13-14,19,22,27H,1,5,9,11-12,15-17H2,2-3H3. The number of amides is 1. The molecule has 0 saturated heterocycles. The number of thiophene rings is 1. The Morgan fingerprint density at radius 1 is 1.47 bits per heavy atom. The smallest absolute Gasteiger partial charge is 0.237 e. The highest BCUT2D eigenvalue weighted by atomic mass is 32.1. The third kappa shape index (κ3) is 5.72. The number of benzene rings is 1. The molecule has 1 aromatic carbocycles. The van der Waals surface area contributed by atoms with Crippen molar-refractivity contribution in [2.45, 2.75) is 38.8 Å². The van der Waals surface area contributed by atoms with E-state index in [1.165, 1.54) is 10.4 Å². The molecule has 1 amide bonds. The zero-order chi connectivity index (χ0) is 21.5. The molecule has 2 unspecified atom stereocenters. The molecule has 30 heavy (non-hydrogen) atoms. The number of ether oxygens (including phenoxy) is 1. The van der Waals surface area contributed by atoms with E-state index in [2.05, 4.69) is 18.0 Å². The highest BCUT2D eigenvalue weighted by Crippen LogP contribution is 2.34. The Morgan fingerprint density at radius 3 is 3.03 bits per heavy atom. The van der Waals surface area contributed by atoms with Crippen molar-refractivity contribution in [2.75, 3.05) is 32.8 Å². The number of aliphatic hydroxyl groups excluding tert-OH is 1. The summed E-state index contributed by atoms with van der Waals surface area (Å²) in [5.74, 6) is 0.888. The van der Waals surface area contributed by atoms with Gasteiger partial charge < -0.3 is 14.7 Å². The second-order valence-electron chi connectivity index (χ2n) is 7.82. The SMILES string of the molecule is C=CCN(CC(=O)N1CCc2sccc2C1COc1cccc(C)c1)CC(O)CC. The highest BCUT2D eigenvalue weighted by Gasteiger charge is 2.32. The number of hydrogen-bond donors (Lipinski definition) is 1. The van der Waals surface area contributed by atoms with E-state index in [1.807, 2.05) is 47.9 Å². The van der Waals surface area contributed by atoms with Gasteiger partial charge in [-0.2, -0.15) is 0 Å². The van der Waals surface area contributed by atoms with Crippen LogP contribution in [0.15, 0.2) is 48.4 Å². The van der Waals surface area contributed by atoms with Gasteiger partial charge in [-0.3, -0.25) is 9.69 Å². The van der Waals surface area contributed by atoms with Gasteiger partial charge in [0.05, 0.1) is 18.7 Å². The lowest BCUT2D eigenvalue weighted by Crippen LogP contribution is -2.47. The molecular formula is C24H32N2O3S. The molecule has 2 heterocycles. The number of carbonyl (C=O) groups is 1. The van der Waals surface area contributed by atoms with Gasteiger partial charge in [-0.25, -0.2) is 0 Å². The van der Waals surface area contributed by atoms with E-state index in [1.54, 1.807) is 17.4 Å². The molecule has 1 aromatic heterocycles. The summed E-state index contributed by atoms with van der Waals surface area (Å²) in [5.41, 5.74) is 2.34. The van der Waals surface area contributed by atoms with Crippen molar-refractivity contribution >= 4 is 17.2 Å². The number of fused-ring (bicyclic) bond motifs is 1. The van der Waals surface area contributed by atoms with E-state index in [4.69, 9.17) is 4.74 Å². The number of hydrogen-bond acceptors (Lipinski definition) is 5. The number of nitrogens with zero attached hydrogens (tertiary/aromatic N) is 2. The van der Waals surface area contributed by atoms with Crippen LogP contribution >= 0.6 is 11.3 Å². The number of aliphatic hydroxyl groups is 1. The van der Waals surface area contributed by atoms with Crippen LogP contribution in [0.2, 0.25) is 0 Å². The van der Waals surface area contributed by atoms with Gasteiger partial charge in [0.2, 0.25) is 5.91 Å². The second kappa shape index (κ2) is 10.8. The molecule has 1 N–H and O–H groups in total. The van der Waals surface area contributed by atoms with E-state index >= 15 is 0 Å². The fraction of sp³-hybridized carbons (Fsp3) is 0.458. The molecule has 3 rings (SSSR count). The maximum absolute atomic E-state index is 13.3. The van der Waals surface area contributed by atoms with E-state index in [9.17, 15) is 9.90 Å².